The summed E-state index contributed by atoms with van der Waals surface area (Å²) >= 11 is 0.776. The number of pyridine rings is 2. The molecule has 0 aromatic carbocycles. The second-order valence-corrected chi connectivity index (χ2v) is 10.8. The molecule has 4 rings (SSSR count). The molecule has 0 atom stereocenters. The molecule has 0 unspecified atom stereocenters. The van der Waals surface area contributed by atoms with Crippen LogP contribution >= 0.6 is 11.3 Å². The number of halogens is 2. The van der Waals surface area contributed by atoms with Gasteiger partial charge in [0.25, 0.3) is 11.5 Å². The minimum absolute atomic E-state index is 0.154. The molecule has 0 fully saturated rings. The first-order valence-corrected chi connectivity index (χ1v) is 12.9. The fraction of sp³-hybridized carbons (Fsp3) is 0.370. The lowest BCUT2D eigenvalue weighted by Gasteiger charge is -2.28. The highest BCUT2D eigenvalue weighted by Gasteiger charge is 2.50. The van der Waals surface area contributed by atoms with Gasteiger partial charge in [-0.25, -0.2) is 0 Å². The Morgan fingerprint density at radius 3 is 2.55 bits per heavy atom. The Morgan fingerprint density at radius 2 is 1.95 bits per heavy atom. The van der Waals surface area contributed by atoms with Crippen molar-refractivity contribution in [1.29, 1.82) is 0 Å². The Kier molecular flexibility index (Phi) is 6.96. The molecule has 0 aliphatic heterocycles. The molecule has 0 spiro atoms. The van der Waals surface area contributed by atoms with Crippen molar-refractivity contribution in [3.05, 3.63) is 62.3 Å². The van der Waals surface area contributed by atoms with Gasteiger partial charge in [-0.05, 0) is 59.2 Å². The van der Waals surface area contributed by atoms with Crippen molar-refractivity contribution < 1.29 is 23.4 Å². The summed E-state index contributed by atoms with van der Waals surface area (Å²) < 4.78 is 38.8. The lowest BCUT2D eigenvalue weighted by atomic mass is 9.97. The Balaban J connectivity index is 2.06. The second-order valence-electron chi connectivity index (χ2n) is 9.78. The first kappa shape index (κ1) is 27.5. The predicted octanol–water partition coefficient (Wildman–Crippen LogP) is 5.32. The van der Waals surface area contributed by atoms with Crippen LogP contribution in [0, 0.1) is 20.8 Å². The van der Waals surface area contributed by atoms with Crippen molar-refractivity contribution in [2.24, 2.45) is 7.05 Å². The Morgan fingerprint density at radius 1 is 1.26 bits per heavy atom. The van der Waals surface area contributed by atoms with E-state index in [-0.39, 0.29) is 33.0 Å². The van der Waals surface area contributed by atoms with Gasteiger partial charge >= 0.3 is 5.92 Å². The maximum Gasteiger partial charge on any atom is 0.310 e. The molecular weight excluding hydrogens is 514 g/mol. The van der Waals surface area contributed by atoms with Crippen LogP contribution in [0.4, 0.5) is 8.78 Å². The number of aliphatic hydroxyl groups is 1. The number of rotatable bonds is 7. The van der Waals surface area contributed by atoms with Crippen LogP contribution in [-0.4, -0.2) is 37.7 Å². The van der Waals surface area contributed by atoms with Crippen molar-refractivity contribution in [2.75, 3.05) is 6.54 Å². The van der Waals surface area contributed by atoms with E-state index in [9.17, 15) is 14.7 Å². The molecule has 0 radical (unpaired) electrons. The number of nitrogens with one attached hydrogen (secondary N) is 2. The normalized spacial score (nSPS) is 12.3. The van der Waals surface area contributed by atoms with Crippen LogP contribution in [-0.2, 0) is 13.0 Å². The molecule has 4 aromatic heterocycles. The SMILES string of the molecule is CCNC(=O)c1cc2c(-c3sc(C(F)(F)C(C)(C)O)c(C)c3Oc3c(C)ccnc3C)cn(C)c(=O)c2[nH]1. The van der Waals surface area contributed by atoms with Crippen LogP contribution < -0.4 is 15.6 Å². The average molecular weight is 545 g/mol. The average Bonchev–Trinajstić information content (AvgIpc) is 3.41. The third kappa shape index (κ3) is 4.49. The van der Waals surface area contributed by atoms with E-state index in [1.807, 2.05) is 6.92 Å². The summed E-state index contributed by atoms with van der Waals surface area (Å²) in [6, 6.07) is 3.29. The molecule has 1 amide bonds. The van der Waals surface area contributed by atoms with Crippen molar-refractivity contribution >= 4 is 28.1 Å². The van der Waals surface area contributed by atoms with E-state index in [1.54, 1.807) is 33.2 Å². The standard InChI is InChI=1S/C27H30F2N4O4S/c1-8-30-24(34)18-11-16-17(12-33(7)25(35)19(16)32-18)22-21(37-20-13(2)9-10-31-15(20)4)14(3)23(38-22)27(28,29)26(5,6)36/h9-12,32,36H,8H2,1-7H3,(H,30,34). The van der Waals surface area contributed by atoms with Gasteiger partial charge in [0.2, 0.25) is 0 Å². The van der Waals surface area contributed by atoms with Crippen LogP contribution in [0.3, 0.4) is 0 Å². The molecule has 0 bridgehead atoms. The van der Waals surface area contributed by atoms with Crippen molar-refractivity contribution in [1.82, 2.24) is 19.9 Å². The second kappa shape index (κ2) is 9.63. The zero-order valence-corrected chi connectivity index (χ0v) is 23.1. The van der Waals surface area contributed by atoms with Crippen LogP contribution in [0.25, 0.3) is 21.3 Å². The predicted molar refractivity (Wildman–Crippen MR) is 144 cm³/mol. The maximum atomic E-state index is 15.6. The molecule has 0 aliphatic rings. The van der Waals surface area contributed by atoms with Crippen LogP contribution in [0.1, 0.15) is 53.0 Å². The molecule has 202 valence electrons. The van der Waals surface area contributed by atoms with Gasteiger partial charge in [-0.1, -0.05) is 0 Å². The fourth-order valence-corrected chi connectivity index (χ4v) is 5.59. The van der Waals surface area contributed by atoms with Crippen LogP contribution in [0.5, 0.6) is 11.5 Å². The van der Waals surface area contributed by atoms with Crippen molar-refractivity contribution in [3.8, 4) is 21.9 Å². The molecule has 4 heterocycles. The quantitative estimate of drug-likeness (QED) is 0.292. The summed E-state index contributed by atoms with van der Waals surface area (Å²) in [6.45, 7) is 9.37. The summed E-state index contributed by atoms with van der Waals surface area (Å²) in [5.41, 5.74) is -0.490. The zero-order chi connectivity index (χ0) is 28.2. The number of hydrogen-bond donors (Lipinski definition) is 3. The molecule has 0 saturated carbocycles. The number of aromatic amines is 1. The Labute approximate surface area is 222 Å². The summed E-state index contributed by atoms with van der Waals surface area (Å²) in [5.74, 6) is -3.42. The minimum atomic E-state index is -3.61. The van der Waals surface area contributed by atoms with E-state index in [1.165, 1.54) is 23.8 Å². The van der Waals surface area contributed by atoms with E-state index in [0.717, 1.165) is 30.7 Å². The number of hydrogen-bond acceptors (Lipinski definition) is 6. The molecule has 3 N–H and O–H groups in total. The number of aromatic nitrogens is 3. The number of H-pyrrole nitrogens is 1. The van der Waals surface area contributed by atoms with E-state index >= 15 is 8.78 Å². The van der Waals surface area contributed by atoms with Gasteiger partial charge in [-0.15, -0.1) is 11.3 Å². The molecule has 0 saturated heterocycles. The van der Waals surface area contributed by atoms with Gasteiger partial charge in [-0.3, -0.25) is 14.6 Å². The highest BCUT2D eigenvalue weighted by Crippen LogP contribution is 2.53. The monoisotopic (exact) mass is 544 g/mol. The summed E-state index contributed by atoms with van der Waals surface area (Å²) in [4.78, 5) is 32.6. The Bertz CT molecular complexity index is 1590. The third-order valence-corrected chi connectivity index (χ3v) is 7.80. The van der Waals surface area contributed by atoms with Gasteiger partial charge in [0.1, 0.15) is 22.6 Å². The van der Waals surface area contributed by atoms with Gasteiger partial charge in [0, 0.05) is 42.5 Å². The Hall–Kier alpha value is -3.57. The lowest BCUT2D eigenvalue weighted by Crippen LogP contribution is -2.40. The number of amides is 1. The summed E-state index contributed by atoms with van der Waals surface area (Å²) in [6.07, 6.45) is 3.17. The molecule has 38 heavy (non-hydrogen) atoms. The van der Waals surface area contributed by atoms with Crippen molar-refractivity contribution in [3.63, 3.8) is 0 Å². The third-order valence-electron chi connectivity index (χ3n) is 6.42. The molecule has 0 aliphatic carbocycles. The molecule has 8 nitrogen and oxygen atoms in total. The first-order valence-electron chi connectivity index (χ1n) is 12.0. The van der Waals surface area contributed by atoms with Crippen LogP contribution in [0.15, 0.2) is 29.3 Å². The van der Waals surface area contributed by atoms with E-state index < -0.39 is 17.4 Å². The van der Waals surface area contributed by atoms with E-state index in [4.69, 9.17) is 4.74 Å². The van der Waals surface area contributed by atoms with Gasteiger partial charge < -0.3 is 24.7 Å². The highest BCUT2D eigenvalue weighted by molar-refractivity contribution is 7.16. The fourth-order valence-electron chi connectivity index (χ4n) is 4.21. The number of carbonyl (C=O) groups excluding carboxylic acids is 1. The zero-order valence-electron chi connectivity index (χ0n) is 22.2. The lowest BCUT2D eigenvalue weighted by molar-refractivity contribution is -0.166. The number of carbonyl (C=O) groups is 1. The maximum absolute atomic E-state index is 15.6. The number of thiophene rings is 1. The van der Waals surface area contributed by atoms with Gasteiger partial charge in [0.05, 0.1) is 15.4 Å². The summed E-state index contributed by atoms with van der Waals surface area (Å²) in [7, 11) is 1.54. The largest absolute Gasteiger partial charge is 0.453 e. The highest BCUT2D eigenvalue weighted by atomic mass is 32.1. The number of alkyl halides is 2. The smallest absolute Gasteiger partial charge is 0.310 e. The molecule has 4 aromatic rings. The van der Waals surface area contributed by atoms with Crippen LogP contribution in [0.2, 0.25) is 0 Å². The van der Waals surface area contributed by atoms with Gasteiger partial charge in [0.15, 0.2) is 5.75 Å². The van der Waals surface area contributed by atoms with Gasteiger partial charge in [-0.2, -0.15) is 8.78 Å². The van der Waals surface area contributed by atoms with E-state index in [2.05, 4.69) is 15.3 Å². The van der Waals surface area contributed by atoms with Crippen molar-refractivity contribution in [2.45, 2.75) is 53.1 Å². The van der Waals surface area contributed by atoms with E-state index in [0.29, 0.717) is 33.8 Å². The summed E-state index contributed by atoms with van der Waals surface area (Å²) in [5, 5.41) is 13.4. The number of aryl methyl sites for hydroxylation is 3. The number of fused-ring (bicyclic) bond motifs is 1. The molecule has 11 heteroatoms. The number of nitrogens with zero attached hydrogens (tertiary/aromatic N) is 2. The number of ether oxygens (including phenoxy) is 1. The topological polar surface area (TPSA) is 109 Å². The first-order chi connectivity index (χ1) is 17.7. The minimum Gasteiger partial charge on any atom is -0.453 e. The molecular formula is C27H30F2N4O4S.